The van der Waals surface area contributed by atoms with Crippen molar-refractivity contribution in [3.8, 4) is 0 Å². The van der Waals surface area contributed by atoms with Crippen molar-refractivity contribution in [3.63, 3.8) is 0 Å². The van der Waals surface area contributed by atoms with Gasteiger partial charge in [0.25, 0.3) is 0 Å². The molecule has 6 N–H and O–H groups in total. The molecule has 0 radical (unpaired) electrons. The second kappa shape index (κ2) is 5.89. The van der Waals surface area contributed by atoms with Crippen molar-refractivity contribution in [2.45, 2.75) is 44.4 Å². The molecule has 23 heavy (non-hydrogen) atoms. The third-order valence-electron chi connectivity index (χ3n) is 3.69. The van der Waals surface area contributed by atoms with E-state index in [2.05, 4.69) is 20.3 Å². The number of anilines is 2. The van der Waals surface area contributed by atoms with Crippen LogP contribution in [0.15, 0.2) is 6.33 Å². The fourth-order valence-electron chi connectivity index (χ4n) is 2.62. The lowest BCUT2D eigenvalue weighted by molar-refractivity contribution is -0.0501. The number of nitrogen functional groups attached to an aromatic ring is 1. The van der Waals surface area contributed by atoms with E-state index in [9.17, 15) is 15.3 Å². The number of aromatic nitrogens is 4. The third kappa shape index (κ3) is 2.59. The van der Waals surface area contributed by atoms with Crippen LogP contribution < -0.4 is 11.1 Å². The molecule has 10 nitrogen and oxygen atoms in total. The molecular weight excluding hydrogens is 304 g/mol. The average molecular weight is 324 g/mol. The van der Waals surface area contributed by atoms with Crippen molar-refractivity contribution in [1.82, 2.24) is 19.5 Å². The smallest absolute Gasteiger partial charge is 0.207 e. The van der Waals surface area contributed by atoms with Crippen molar-refractivity contribution in [2.75, 3.05) is 17.7 Å². The first-order valence-corrected chi connectivity index (χ1v) is 7.31. The Labute approximate surface area is 131 Å². The van der Waals surface area contributed by atoms with Crippen LogP contribution in [-0.2, 0) is 4.74 Å². The Hall–Kier alpha value is -2.01. The Bertz CT molecular complexity index is 705. The normalized spacial score (nSPS) is 27.9. The summed E-state index contributed by atoms with van der Waals surface area (Å²) in [5.41, 5.74) is 6.58. The molecule has 10 heteroatoms. The number of ether oxygens (including phenoxy) is 1. The summed E-state index contributed by atoms with van der Waals surface area (Å²) in [6.45, 7) is 3.44. The highest BCUT2D eigenvalue weighted by Crippen LogP contribution is 2.35. The molecule has 1 fully saturated rings. The number of nitrogens with zero attached hydrogens (tertiary/aromatic N) is 4. The van der Waals surface area contributed by atoms with Crippen LogP contribution in [0.25, 0.3) is 11.2 Å². The summed E-state index contributed by atoms with van der Waals surface area (Å²) in [7, 11) is 0. The summed E-state index contributed by atoms with van der Waals surface area (Å²) < 4.78 is 7.11. The Balaban J connectivity index is 2.13. The van der Waals surface area contributed by atoms with Gasteiger partial charge in [-0.15, -0.1) is 0 Å². The molecule has 0 aromatic carbocycles. The zero-order valence-corrected chi connectivity index (χ0v) is 12.8. The van der Waals surface area contributed by atoms with Crippen LogP contribution in [-0.4, -0.2) is 65.8 Å². The molecule has 0 bridgehead atoms. The molecule has 3 heterocycles. The third-order valence-corrected chi connectivity index (χ3v) is 3.69. The van der Waals surface area contributed by atoms with Crippen LogP contribution in [0.4, 0.5) is 11.8 Å². The quantitative estimate of drug-likeness (QED) is 0.469. The van der Waals surface area contributed by atoms with Gasteiger partial charge in [-0.2, -0.15) is 0 Å². The zero-order valence-electron chi connectivity index (χ0n) is 12.8. The van der Waals surface area contributed by atoms with Gasteiger partial charge in [-0.1, -0.05) is 0 Å². The molecule has 2 aromatic rings. The number of hydrogen-bond acceptors (Lipinski definition) is 9. The second-order valence-electron chi connectivity index (χ2n) is 5.76. The van der Waals surface area contributed by atoms with Gasteiger partial charge in [-0.3, -0.25) is 4.57 Å². The molecular formula is C13H20N6O4. The number of aliphatic hydroxyl groups is 3. The number of imidazole rings is 1. The van der Waals surface area contributed by atoms with Crippen LogP contribution in [0.2, 0.25) is 0 Å². The summed E-state index contributed by atoms with van der Waals surface area (Å²) in [5, 5.41) is 32.6. The lowest BCUT2D eigenvalue weighted by atomic mass is 10.1. The predicted molar refractivity (Wildman–Crippen MR) is 81.5 cm³/mol. The first-order chi connectivity index (χ1) is 10.9. The molecule has 0 spiro atoms. The van der Waals surface area contributed by atoms with Crippen molar-refractivity contribution >= 4 is 22.9 Å². The zero-order chi connectivity index (χ0) is 16.7. The van der Waals surface area contributed by atoms with Crippen LogP contribution in [0.3, 0.4) is 0 Å². The summed E-state index contributed by atoms with van der Waals surface area (Å²) in [6, 6.07) is 0.0526. The first-order valence-electron chi connectivity index (χ1n) is 7.31. The lowest BCUT2D eigenvalue weighted by Crippen LogP contribution is -2.33. The van der Waals surface area contributed by atoms with Gasteiger partial charge in [0, 0.05) is 6.04 Å². The highest BCUT2D eigenvalue weighted by molar-refractivity contribution is 5.84. The highest BCUT2D eigenvalue weighted by atomic mass is 16.6. The molecule has 126 valence electrons. The van der Waals surface area contributed by atoms with E-state index in [-0.39, 0.29) is 11.9 Å². The Morgan fingerprint density at radius 2 is 2.09 bits per heavy atom. The summed E-state index contributed by atoms with van der Waals surface area (Å²) in [5.74, 6) is 0.587. The van der Waals surface area contributed by atoms with E-state index >= 15 is 0 Å². The van der Waals surface area contributed by atoms with Gasteiger partial charge in [0.1, 0.15) is 24.6 Å². The topological polar surface area (TPSA) is 152 Å². The summed E-state index contributed by atoms with van der Waals surface area (Å²) in [6.07, 6.45) is -3.01. The van der Waals surface area contributed by atoms with Gasteiger partial charge in [0.15, 0.2) is 23.2 Å². The minimum atomic E-state index is -1.24. The SMILES string of the molecule is CC(C)Nc1nc2c(N)ncnc2n1[C@@H]1O[C@H](CO)C(O)C1O. The van der Waals surface area contributed by atoms with Crippen LogP contribution in [0.5, 0.6) is 0 Å². The largest absolute Gasteiger partial charge is 0.394 e. The Morgan fingerprint density at radius 3 is 2.70 bits per heavy atom. The lowest BCUT2D eigenvalue weighted by Gasteiger charge is -2.20. The summed E-state index contributed by atoms with van der Waals surface area (Å²) >= 11 is 0. The number of rotatable bonds is 4. The minimum Gasteiger partial charge on any atom is -0.394 e. The monoisotopic (exact) mass is 324 g/mol. The molecule has 1 aliphatic heterocycles. The number of nitrogens with two attached hydrogens (primary N) is 1. The molecule has 1 saturated heterocycles. The molecule has 0 aliphatic carbocycles. The van der Waals surface area contributed by atoms with E-state index in [1.165, 1.54) is 10.9 Å². The second-order valence-corrected chi connectivity index (χ2v) is 5.76. The van der Waals surface area contributed by atoms with Crippen LogP contribution in [0, 0.1) is 0 Å². The molecule has 1 aliphatic rings. The van der Waals surface area contributed by atoms with Crippen molar-refractivity contribution in [1.29, 1.82) is 0 Å². The number of aliphatic hydroxyl groups excluding tert-OH is 3. The minimum absolute atomic E-state index is 0.0526. The molecule has 3 rings (SSSR count). The number of fused-ring (bicyclic) bond motifs is 1. The predicted octanol–water partition coefficient (Wildman–Crippen LogP) is -1.16. The van der Waals surface area contributed by atoms with E-state index in [0.717, 1.165) is 0 Å². The Morgan fingerprint density at radius 1 is 1.35 bits per heavy atom. The van der Waals surface area contributed by atoms with Crippen molar-refractivity contribution in [2.24, 2.45) is 0 Å². The van der Waals surface area contributed by atoms with Gasteiger partial charge in [-0.25, -0.2) is 15.0 Å². The van der Waals surface area contributed by atoms with E-state index in [1.54, 1.807) is 0 Å². The molecule has 2 aromatic heterocycles. The van der Waals surface area contributed by atoms with E-state index in [0.29, 0.717) is 17.1 Å². The van der Waals surface area contributed by atoms with Gasteiger partial charge < -0.3 is 31.1 Å². The van der Waals surface area contributed by atoms with Gasteiger partial charge >= 0.3 is 0 Å². The molecule has 4 atom stereocenters. The van der Waals surface area contributed by atoms with Crippen molar-refractivity contribution in [3.05, 3.63) is 6.33 Å². The Kier molecular flexibility index (Phi) is 4.06. The maximum atomic E-state index is 10.3. The average Bonchev–Trinajstić information content (AvgIpc) is 2.98. The fraction of sp³-hybridized carbons (Fsp3) is 0.615. The highest BCUT2D eigenvalue weighted by Gasteiger charge is 2.45. The van der Waals surface area contributed by atoms with Crippen LogP contribution in [0.1, 0.15) is 20.1 Å². The van der Waals surface area contributed by atoms with Gasteiger partial charge in [0.05, 0.1) is 6.61 Å². The molecule has 2 unspecified atom stereocenters. The maximum absolute atomic E-state index is 10.3. The van der Waals surface area contributed by atoms with E-state index in [4.69, 9.17) is 10.5 Å². The number of nitrogens with one attached hydrogen (secondary N) is 1. The van der Waals surface area contributed by atoms with Gasteiger partial charge in [-0.05, 0) is 13.8 Å². The molecule has 0 amide bonds. The van der Waals surface area contributed by atoms with Crippen LogP contribution >= 0.6 is 0 Å². The summed E-state index contributed by atoms with van der Waals surface area (Å²) in [4.78, 5) is 12.4. The maximum Gasteiger partial charge on any atom is 0.207 e. The van der Waals surface area contributed by atoms with Crippen molar-refractivity contribution < 1.29 is 20.1 Å². The fourth-order valence-corrected chi connectivity index (χ4v) is 2.62. The number of hydrogen-bond donors (Lipinski definition) is 5. The molecule has 0 saturated carbocycles. The van der Waals surface area contributed by atoms with E-state index in [1.807, 2.05) is 13.8 Å². The standard InChI is InChI=1S/C13H20N6O4/c1-5(2)17-13-18-7-10(14)15-4-16-11(7)19(13)12-9(22)8(21)6(3-20)23-12/h4-6,8-9,12,20-22H,3H2,1-2H3,(H,17,18)(H2,14,15,16)/t6-,8?,9?,12-/m1/s1. The van der Waals surface area contributed by atoms with E-state index < -0.39 is 31.1 Å². The van der Waals surface area contributed by atoms with Gasteiger partial charge in [0.2, 0.25) is 5.95 Å². The first kappa shape index (κ1) is 15.9.